The van der Waals surface area contributed by atoms with Crippen LogP contribution in [0.5, 0.6) is 0 Å². The Morgan fingerprint density at radius 3 is 1.36 bits per heavy atom. The van der Waals surface area contributed by atoms with Gasteiger partial charge in [-0.15, -0.1) is 0 Å². The molecule has 0 amide bonds. The summed E-state index contributed by atoms with van der Waals surface area (Å²) in [4.78, 5) is 27.1. The molecule has 8 aromatic rings. The van der Waals surface area contributed by atoms with E-state index < -0.39 is 23.3 Å². The summed E-state index contributed by atoms with van der Waals surface area (Å²) in [6.07, 6.45) is 17.8. The van der Waals surface area contributed by atoms with E-state index in [-0.39, 0.29) is 11.8 Å². The molecule has 0 unspecified atom stereocenters. The highest BCUT2D eigenvalue weighted by Crippen LogP contribution is 2.36. The van der Waals surface area contributed by atoms with Crippen molar-refractivity contribution in [2.45, 2.75) is 78.3 Å². The molecular weight excluding hydrogens is 821 g/mol. The first kappa shape index (κ1) is 42.0. The zero-order valence-corrected chi connectivity index (χ0v) is 35.7. The Hall–Kier alpha value is -7.36. The molecule has 2 atom stereocenters. The molecule has 0 N–H and O–H groups in total. The third-order valence-electron chi connectivity index (χ3n) is 11.4. The van der Waals surface area contributed by atoms with Crippen molar-refractivity contribution in [3.05, 3.63) is 178 Å². The minimum absolute atomic E-state index is 0.313. The van der Waals surface area contributed by atoms with Gasteiger partial charge in [-0.05, 0) is 114 Å². The molecule has 0 fully saturated rings. The number of hydrogen-bond donors (Lipinski definition) is 0. The van der Waals surface area contributed by atoms with Gasteiger partial charge in [-0.1, -0.05) is 24.3 Å². The lowest BCUT2D eigenvalue weighted by Crippen LogP contribution is -2.19. The van der Waals surface area contributed by atoms with E-state index in [1.807, 2.05) is 85.6 Å². The van der Waals surface area contributed by atoms with Crippen molar-refractivity contribution < 1.29 is 17.6 Å². The number of halogens is 4. The van der Waals surface area contributed by atoms with Gasteiger partial charge >= 0.3 is 0 Å². The summed E-state index contributed by atoms with van der Waals surface area (Å²) in [7, 11) is 0. The third kappa shape index (κ3) is 8.67. The number of rotatable bonds is 8. The van der Waals surface area contributed by atoms with E-state index in [9.17, 15) is 17.6 Å². The monoisotopic (exact) mass is 864 g/mol. The van der Waals surface area contributed by atoms with Crippen molar-refractivity contribution >= 4 is 24.3 Å². The van der Waals surface area contributed by atoms with E-state index in [1.54, 1.807) is 46.3 Å². The first-order chi connectivity index (χ1) is 31.0. The molecular formula is C48H44F4N12. The molecule has 0 aliphatic carbocycles. The number of aryl methyl sites for hydroxylation is 6. The van der Waals surface area contributed by atoms with Crippen molar-refractivity contribution in [3.63, 3.8) is 0 Å². The summed E-state index contributed by atoms with van der Waals surface area (Å²) >= 11 is 0. The highest BCUT2D eigenvalue weighted by molar-refractivity contribution is 5.66. The lowest BCUT2D eigenvalue weighted by atomic mass is 9.91. The second-order valence-electron chi connectivity index (χ2n) is 16.0. The van der Waals surface area contributed by atoms with Crippen LogP contribution < -0.4 is 0 Å². The van der Waals surface area contributed by atoms with Crippen LogP contribution in [0.2, 0.25) is 0 Å². The smallest absolute Gasteiger partial charge is 0.174 e. The van der Waals surface area contributed by atoms with Crippen molar-refractivity contribution in [1.82, 2.24) is 58.6 Å². The number of nitrogens with zero attached hydrogens (tertiary/aromatic N) is 12. The molecule has 10 rings (SSSR count). The molecule has 8 heterocycles. The zero-order chi connectivity index (χ0) is 44.5. The number of pyridine rings is 2. The Labute approximate surface area is 366 Å². The minimum Gasteiger partial charge on any atom is -0.304 e. The Morgan fingerprint density at radius 1 is 0.531 bits per heavy atom. The Kier molecular flexibility index (Phi) is 11.7. The van der Waals surface area contributed by atoms with Gasteiger partial charge in [0.1, 0.15) is 11.6 Å². The van der Waals surface area contributed by atoms with E-state index in [1.165, 1.54) is 12.1 Å². The van der Waals surface area contributed by atoms with Gasteiger partial charge in [-0.25, -0.2) is 46.9 Å². The van der Waals surface area contributed by atoms with E-state index >= 15 is 0 Å². The van der Waals surface area contributed by atoms with Crippen LogP contribution in [0.4, 0.5) is 17.6 Å². The van der Waals surface area contributed by atoms with Crippen molar-refractivity contribution in [1.29, 1.82) is 0 Å². The average Bonchev–Trinajstić information content (AvgIpc) is 4.11. The van der Waals surface area contributed by atoms with Crippen LogP contribution in [0.15, 0.2) is 85.7 Å². The lowest BCUT2D eigenvalue weighted by molar-refractivity contribution is 0.426. The van der Waals surface area contributed by atoms with Crippen LogP contribution in [0.25, 0.3) is 35.7 Å². The van der Waals surface area contributed by atoms with Gasteiger partial charge in [0.25, 0.3) is 0 Å². The van der Waals surface area contributed by atoms with E-state index in [4.69, 9.17) is 0 Å². The predicted molar refractivity (Wildman–Crippen MR) is 234 cm³/mol. The molecule has 0 saturated heterocycles. The number of fused-ring (bicyclic) bond motifs is 2. The number of hydrogen-bond acceptors (Lipinski definition) is 8. The average molecular weight is 865 g/mol. The summed E-state index contributed by atoms with van der Waals surface area (Å²) in [5.41, 5.74) is 7.81. The largest absolute Gasteiger partial charge is 0.304 e. The summed E-state index contributed by atoms with van der Waals surface area (Å²) < 4.78 is 63.8. The minimum atomic E-state index is -0.838. The molecule has 2 aliphatic heterocycles. The molecule has 64 heavy (non-hydrogen) atoms. The molecule has 0 bridgehead atoms. The predicted octanol–water partition coefficient (Wildman–Crippen LogP) is 9.70. The van der Waals surface area contributed by atoms with E-state index in [0.29, 0.717) is 60.4 Å². The van der Waals surface area contributed by atoms with Crippen LogP contribution in [-0.4, -0.2) is 58.6 Å². The fourth-order valence-corrected chi connectivity index (χ4v) is 8.35. The normalized spacial score (nSPS) is 15.9. The second kappa shape index (κ2) is 17.8. The summed E-state index contributed by atoms with van der Waals surface area (Å²) in [6.45, 7) is 9.21. The van der Waals surface area contributed by atoms with Crippen LogP contribution in [0, 0.1) is 51.0 Å². The van der Waals surface area contributed by atoms with Gasteiger partial charge in [-0.3, -0.25) is 9.97 Å². The number of benzene rings is 2. The third-order valence-corrected chi connectivity index (χ3v) is 11.4. The molecule has 0 saturated carbocycles. The maximum absolute atomic E-state index is 14.4. The van der Waals surface area contributed by atoms with Crippen molar-refractivity contribution in [2.24, 2.45) is 0 Å². The first-order valence-corrected chi connectivity index (χ1v) is 21.1. The zero-order valence-electron chi connectivity index (χ0n) is 35.7. The molecule has 0 radical (unpaired) electrons. The molecule has 2 aliphatic rings. The topological polar surface area (TPSA) is 123 Å². The van der Waals surface area contributed by atoms with Gasteiger partial charge in [0.2, 0.25) is 0 Å². The maximum Gasteiger partial charge on any atom is 0.174 e. The van der Waals surface area contributed by atoms with Crippen molar-refractivity contribution in [2.75, 3.05) is 0 Å². The Bertz CT molecular complexity index is 2840. The summed E-state index contributed by atoms with van der Waals surface area (Å²) in [6, 6.07) is 16.4. The van der Waals surface area contributed by atoms with Gasteiger partial charge in [-0.2, -0.15) is 10.2 Å². The molecule has 0 spiro atoms. The molecule has 324 valence electrons. The summed E-state index contributed by atoms with van der Waals surface area (Å²) in [5.74, 6) is -1.54. The highest BCUT2D eigenvalue weighted by atomic mass is 19.2. The SMILES string of the molecule is Cc1cn(-c2ccc(/C=C/c3nc4n(n3)CCC[C@@H]4c3cccc(F)c3F)nc2C)cn1.Cc1cn(-c2ccc(/C=C/c3nc4n(n3)CCC[C@H]4c3cccc(F)c3F)nc2C)cn1. The lowest BCUT2D eigenvalue weighted by Gasteiger charge is -2.22. The van der Waals surface area contributed by atoms with Crippen LogP contribution in [-0.2, 0) is 13.1 Å². The first-order valence-electron chi connectivity index (χ1n) is 21.1. The highest BCUT2D eigenvalue weighted by Gasteiger charge is 2.30. The quantitative estimate of drug-likeness (QED) is 0.139. The standard InChI is InChI=1S/2C24H22F2N6/c2*1-15-13-31(14-27-15)21-10-8-17(28-16(21)2)9-11-22-29-24-19(6-4-12-32(24)30-22)18-5-3-7-20(25)23(18)26/h2*3,5,7-11,13-14,19H,4,6,12H2,1-2H3/b2*11-9+/t2*19-/m10/s1. The maximum atomic E-state index is 14.4. The van der Waals surface area contributed by atoms with Gasteiger partial charge in [0, 0.05) is 48.4 Å². The molecule has 2 aromatic carbocycles. The molecule has 6 aromatic heterocycles. The van der Waals surface area contributed by atoms with E-state index in [0.717, 1.165) is 70.5 Å². The van der Waals surface area contributed by atoms with Gasteiger partial charge < -0.3 is 9.13 Å². The molecule has 16 heteroatoms. The number of imidazole rings is 2. The van der Waals surface area contributed by atoms with Crippen molar-refractivity contribution in [3.8, 4) is 11.4 Å². The Morgan fingerprint density at radius 2 is 0.969 bits per heavy atom. The number of aromatic nitrogens is 12. The fourth-order valence-electron chi connectivity index (χ4n) is 8.35. The van der Waals surface area contributed by atoms with Crippen LogP contribution in [0.3, 0.4) is 0 Å². The van der Waals surface area contributed by atoms with Gasteiger partial charge in [0.05, 0.1) is 58.2 Å². The van der Waals surface area contributed by atoms with Crippen LogP contribution >= 0.6 is 0 Å². The van der Waals surface area contributed by atoms with Gasteiger partial charge in [0.15, 0.2) is 34.9 Å². The summed E-state index contributed by atoms with van der Waals surface area (Å²) in [5, 5.41) is 9.09. The molecule has 12 nitrogen and oxygen atoms in total. The fraction of sp³-hybridized carbons (Fsp3) is 0.250. The van der Waals surface area contributed by atoms with E-state index in [2.05, 4.69) is 40.1 Å². The van der Waals surface area contributed by atoms with Crippen LogP contribution in [0.1, 0.15) is 106 Å². The second-order valence-corrected chi connectivity index (χ2v) is 16.0. The Balaban J connectivity index is 0.000000162.